The zero-order valence-electron chi connectivity index (χ0n) is 9.48. The molecule has 0 unspecified atom stereocenters. The van der Waals surface area contributed by atoms with Crippen LogP contribution in [0.2, 0.25) is 5.02 Å². The summed E-state index contributed by atoms with van der Waals surface area (Å²) in [6.45, 7) is 0. The summed E-state index contributed by atoms with van der Waals surface area (Å²) in [5, 5.41) is 3.57. The van der Waals surface area contributed by atoms with Crippen LogP contribution in [-0.4, -0.2) is 5.91 Å². The third kappa shape index (κ3) is 1.91. The second-order valence-electron chi connectivity index (χ2n) is 4.11. The van der Waals surface area contributed by atoms with Gasteiger partial charge in [-0.3, -0.25) is 4.79 Å². The van der Waals surface area contributed by atoms with Gasteiger partial charge in [-0.25, -0.2) is 0 Å². The fourth-order valence-electron chi connectivity index (χ4n) is 2.01. The lowest BCUT2D eigenvalue weighted by Crippen LogP contribution is -2.11. The van der Waals surface area contributed by atoms with Crippen molar-refractivity contribution in [3.05, 3.63) is 70.2 Å². The first-order valence-electron chi connectivity index (χ1n) is 5.62. The zero-order valence-corrected chi connectivity index (χ0v) is 10.2. The highest BCUT2D eigenvalue weighted by Gasteiger charge is 2.22. The number of carbonyl (C=O) groups is 1. The fraction of sp³-hybridized carbons (Fsp3) is 0. The molecule has 1 N–H and O–H groups in total. The quantitative estimate of drug-likeness (QED) is 0.829. The normalized spacial score (nSPS) is 15.6. The van der Waals surface area contributed by atoms with Crippen molar-refractivity contribution in [3.63, 3.8) is 0 Å². The summed E-state index contributed by atoms with van der Waals surface area (Å²) in [6, 6.07) is 15.1. The Kier molecular flexibility index (Phi) is 2.65. The van der Waals surface area contributed by atoms with Gasteiger partial charge in [0.2, 0.25) is 0 Å². The van der Waals surface area contributed by atoms with Gasteiger partial charge in [0.1, 0.15) is 0 Å². The molecule has 0 spiro atoms. The van der Waals surface area contributed by atoms with Crippen molar-refractivity contribution in [1.82, 2.24) is 5.32 Å². The molecule has 0 bridgehead atoms. The third-order valence-corrected chi connectivity index (χ3v) is 3.14. The van der Waals surface area contributed by atoms with Crippen LogP contribution in [0.1, 0.15) is 21.5 Å². The third-order valence-electron chi connectivity index (χ3n) is 2.89. The molecule has 0 saturated heterocycles. The van der Waals surface area contributed by atoms with Gasteiger partial charge in [-0.15, -0.1) is 0 Å². The monoisotopic (exact) mass is 255 g/mol. The zero-order chi connectivity index (χ0) is 12.5. The Labute approximate surface area is 110 Å². The van der Waals surface area contributed by atoms with Crippen LogP contribution in [0.3, 0.4) is 0 Å². The van der Waals surface area contributed by atoms with E-state index in [9.17, 15) is 4.79 Å². The van der Waals surface area contributed by atoms with Crippen LogP contribution >= 0.6 is 11.6 Å². The molecule has 2 aromatic rings. The van der Waals surface area contributed by atoms with E-state index in [-0.39, 0.29) is 5.91 Å². The summed E-state index contributed by atoms with van der Waals surface area (Å²) >= 11 is 5.84. The average Bonchev–Trinajstić information content (AvgIpc) is 2.70. The Morgan fingerprint density at radius 2 is 1.61 bits per heavy atom. The van der Waals surface area contributed by atoms with E-state index in [0.29, 0.717) is 5.02 Å². The number of fused-ring (bicyclic) bond motifs is 1. The molecular formula is C15H10ClNO. The predicted molar refractivity (Wildman–Crippen MR) is 73.2 cm³/mol. The molecule has 1 heterocycles. The molecule has 3 heteroatoms. The number of amides is 1. The predicted octanol–water partition coefficient (Wildman–Crippen LogP) is 3.58. The van der Waals surface area contributed by atoms with E-state index in [2.05, 4.69) is 5.32 Å². The number of benzene rings is 2. The van der Waals surface area contributed by atoms with Crippen LogP contribution < -0.4 is 5.32 Å². The maximum Gasteiger partial charge on any atom is 0.256 e. The minimum Gasteiger partial charge on any atom is -0.321 e. The van der Waals surface area contributed by atoms with Crippen molar-refractivity contribution < 1.29 is 4.79 Å². The highest BCUT2D eigenvalue weighted by Crippen LogP contribution is 2.26. The molecular weight excluding hydrogens is 246 g/mol. The smallest absolute Gasteiger partial charge is 0.256 e. The van der Waals surface area contributed by atoms with Gasteiger partial charge in [-0.05, 0) is 29.8 Å². The summed E-state index contributed by atoms with van der Waals surface area (Å²) < 4.78 is 0. The van der Waals surface area contributed by atoms with E-state index in [1.807, 2.05) is 54.6 Å². The van der Waals surface area contributed by atoms with Gasteiger partial charge in [-0.2, -0.15) is 0 Å². The van der Waals surface area contributed by atoms with Crippen LogP contribution in [0.25, 0.3) is 11.8 Å². The summed E-state index contributed by atoms with van der Waals surface area (Å²) in [4.78, 5) is 11.7. The van der Waals surface area contributed by atoms with Crippen LogP contribution in [0.4, 0.5) is 0 Å². The Hall–Kier alpha value is -2.06. The number of hydrogen-bond acceptors (Lipinski definition) is 1. The molecule has 1 aliphatic rings. The molecule has 2 nitrogen and oxygen atoms in total. The number of rotatable bonds is 1. The van der Waals surface area contributed by atoms with E-state index < -0.39 is 0 Å². The summed E-state index contributed by atoms with van der Waals surface area (Å²) in [5.74, 6) is -0.0502. The SMILES string of the molecule is O=C1N/C(=C\c2ccc(Cl)cc2)c2ccccc21. The maximum atomic E-state index is 11.7. The minimum atomic E-state index is -0.0502. The van der Waals surface area contributed by atoms with E-state index >= 15 is 0 Å². The Morgan fingerprint density at radius 1 is 0.944 bits per heavy atom. The molecule has 0 aromatic heterocycles. The number of nitrogens with one attached hydrogen (secondary N) is 1. The van der Waals surface area contributed by atoms with Gasteiger partial charge in [0.25, 0.3) is 5.91 Å². The number of halogens is 1. The molecule has 88 valence electrons. The summed E-state index contributed by atoms with van der Waals surface area (Å²) in [7, 11) is 0. The second kappa shape index (κ2) is 4.31. The Bertz CT molecular complexity index is 644. The summed E-state index contributed by atoms with van der Waals surface area (Å²) in [5.41, 5.74) is 3.50. The molecule has 0 atom stereocenters. The number of hydrogen-bond donors (Lipinski definition) is 1. The molecule has 3 rings (SSSR count). The molecule has 1 amide bonds. The van der Waals surface area contributed by atoms with Gasteiger partial charge in [0.05, 0.1) is 0 Å². The van der Waals surface area contributed by atoms with Gasteiger partial charge >= 0.3 is 0 Å². The van der Waals surface area contributed by atoms with Crippen LogP contribution in [0, 0.1) is 0 Å². The van der Waals surface area contributed by atoms with Crippen molar-refractivity contribution in [2.45, 2.75) is 0 Å². The topological polar surface area (TPSA) is 29.1 Å². The lowest BCUT2D eigenvalue weighted by Gasteiger charge is -2.00. The van der Waals surface area contributed by atoms with Gasteiger partial charge in [-0.1, -0.05) is 41.9 Å². The maximum absolute atomic E-state index is 11.7. The fourth-order valence-corrected chi connectivity index (χ4v) is 2.14. The van der Waals surface area contributed by atoms with Crippen molar-refractivity contribution in [3.8, 4) is 0 Å². The number of carbonyl (C=O) groups excluding carboxylic acids is 1. The van der Waals surface area contributed by atoms with E-state index in [0.717, 1.165) is 22.4 Å². The highest BCUT2D eigenvalue weighted by molar-refractivity contribution is 6.30. The lowest BCUT2D eigenvalue weighted by atomic mass is 10.1. The standard InChI is InChI=1S/C15H10ClNO/c16-11-7-5-10(6-8-11)9-14-12-3-1-2-4-13(12)15(18)17-14/h1-9H,(H,17,18)/b14-9-. The second-order valence-corrected chi connectivity index (χ2v) is 4.55. The van der Waals surface area contributed by atoms with Crippen molar-refractivity contribution in [2.75, 3.05) is 0 Å². The van der Waals surface area contributed by atoms with Gasteiger partial charge in [0, 0.05) is 21.8 Å². The Morgan fingerprint density at radius 3 is 2.33 bits per heavy atom. The molecule has 18 heavy (non-hydrogen) atoms. The van der Waals surface area contributed by atoms with Gasteiger partial charge in [0.15, 0.2) is 0 Å². The molecule has 0 saturated carbocycles. The Balaban J connectivity index is 2.04. The van der Waals surface area contributed by atoms with E-state index in [1.54, 1.807) is 0 Å². The van der Waals surface area contributed by atoms with Crippen molar-refractivity contribution in [2.24, 2.45) is 0 Å². The average molecular weight is 256 g/mol. The molecule has 0 fully saturated rings. The molecule has 1 aliphatic heterocycles. The molecule has 0 aliphatic carbocycles. The highest BCUT2D eigenvalue weighted by atomic mass is 35.5. The van der Waals surface area contributed by atoms with Crippen molar-refractivity contribution in [1.29, 1.82) is 0 Å². The van der Waals surface area contributed by atoms with Crippen LogP contribution in [-0.2, 0) is 0 Å². The molecule has 2 aromatic carbocycles. The largest absolute Gasteiger partial charge is 0.321 e. The molecule has 0 radical (unpaired) electrons. The first kappa shape index (κ1) is 11.1. The van der Waals surface area contributed by atoms with Crippen LogP contribution in [0.5, 0.6) is 0 Å². The van der Waals surface area contributed by atoms with Gasteiger partial charge < -0.3 is 5.32 Å². The van der Waals surface area contributed by atoms with Crippen molar-refractivity contribution >= 4 is 29.3 Å². The lowest BCUT2D eigenvalue weighted by molar-refractivity contribution is 0.0981. The minimum absolute atomic E-state index is 0.0502. The van der Waals surface area contributed by atoms with E-state index in [4.69, 9.17) is 11.6 Å². The first-order valence-corrected chi connectivity index (χ1v) is 6.00. The summed E-state index contributed by atoms with van der Waals surface area (Å²) in [6.07, 6.45) is 1.94. The first-order chi connectivity index (χ1) is 8.74. The van der Waals surface area contributed by atoms with Crippen LogP contribution in [0.15, 0.2) is 48.5 Å². The van der Waals surface area contributed by atoms with E-state index in [1.165, 1.54) is 0 Å².